The van der Waals surface area contributed by atoms with Crippen molar-refractivity contribution in [2.45, 2.75) is 54.1 Å². The van der Waals surface area contributed by atoms with E-state index in [0.29, 0.717) is 0 Å². The highest BCUT2D eigenvalue weighted by molar-refractivity contribution is 6.18. The Hall–Kier alpha value is -4.26. The van der Waals surface area contributed by atoms with E-state index in [2.05, 4.69) is 0 Å². The molecule has 5 atom stereocenters. The second-order valence-electron chi connectivity index (χ2n) is 10.2. The number of rotatable bonds is 14. The number of hydrogen-bond acceptors (Lipinski definition) is 13. The Morgan fingerprint density at radius 3 is 1.63 bits per heavy atom. The van der Waals surface area contributed by atoms with E-state index in [0.717, 1.165) is 0 Å². The monoisotopic (exact) mass is 646 g/mol. The molecule has 0 spiro atoms. The van der Waals surface area contributed by atoms with Crippen molar-refractivity contribution in [2.75, 3.05) is 46.2 Å². The third-order valence-electron chi connectivity index (χ3n) is 7.80. The summed E-state index contributed by atoms with van der Waals surface area (Å²) in [7, 11) is 0. The van der Waals surface area contributed by atoms with E-state index >= 15 is 0 Å². The van der Waals surface area contributed by atoms with Gasteiger partial charge in [-0.15, -0.1) is 0 Å². The molecule has 46 heavy (non-hydrogen) atoms. The van der Waals surface area contributed by atoms with Gasteiger partial charge in [-0.2, -0.15) is 0 Å². The Morgan fingerprint density at radius 1 is 0.587 bits per heavy atom. The van der Waals surface area contributed by atoms with Gasteiger partial charge in [0.25, 0.3) is 0 Å². The van der Waals surface area contributed by atoms with Crippen molar-refractivity contribution in [1.29, 1.82) is 0 Å². The number of esters is 6. The molecule has 0 heterocycles. The zero-order chi connectivity index (χ0) is 34.2. The molecule has 4 aliphatic rings. The van der Waals surface area contributed by atoms with Crippen molar-refractivity contribution in [3.63, 3.8) is 0 Å². The maximum Gasteiger partial charge on any atom is 0.339 e. The smallest absolute Gasteiger partial charge is 0.339 e. The van der Waals surface area contributed by atoms with Crippen LogP contribution in [0.25, 0.3) is 0 Å². The topological polar surface area (TPSA) is 167 Å². The highest BCUT2D eigenvalue weighted by Crippen LogP contribution is 2.59. The molecule has 13 nitrogen and oxygen atoms in total. The first kappa shape index (κ1) is 36.2. The Labute approximate surface area is 267 Å². The lowest BCUT2D eigenvalue weighted by Crippen LogP contribution is -2.59. The zero-order valence-corrected chi connectivity index (χ0v) is 27.3. The molecule has 4 aliphatic carbocycles. The van der Waals surface area contributed by atoms with Crippen molar-refractivity contribution in [2.24, 2.45) is 23.7 Å². The molecule has 252 valence electrons. The average molecular weight is 647 g/mol. The quantitative estimate of drug-likeness (QED) is 0.154. The fourth-order valence-corrected chi connectivity index (χ4v) is 6.47. The van der Waals surface area contributed by atoms with E-state index in [-0.39, 0.29) is 57.4 Å². The normalized spacial score (nSPS) is 24.7. The van der Waals surface area contributed by atoms with Gasteiger partial charge in [0, 0.05) is 29.9 Å². The lowest BCUT2D eigenvalue weighted by molar-refractivity contribution is -0.158. The van der Waals surface area contributed by atoms with Crippen LogP contribution in [0.2, 0.25) is 0 Å². The molecule has 0 unspecified atom stereocenters. The van der Waals surface area contributed by atoms with Crippen LogP contribution in [0.4, 0.5) is 0 Å². The molecule has 0 aromatic carbocycles. The molecular weight excluding hydrogens is 604 g/mol. The van der Waals surface area contributed by atoms with Crippen LogP contribution < -0.4 is 0 Å². The highest BCUT2D eigenvalue weighted by Gasteiger charge is 2.66. The summed E-state index contributed by atoms with van der Waals surface area (Å²) in [4.78, 5) is 83.1. The van der Waals surface area contributed by atoms with Gasteiger partial charge < -0.3 is 33.2 Å². The fraction of sp³-hybridized carbons (Fsp3) is 0.576. The van der Waals surface area contributed by atoms with Gasteiger partial charge in [-0.05, 0) is 48.5 Å². The molecule has 0 aliphatic heterocycles. The average Bonchev–Trinajstić information content (AvgIpc) is 3.27. The Bertz CT molecular complexity index is 1370. The Morgan fingerprint density at radius 2 is 1.09 bits per heavy atom. The van der Waals surface area contributed by atoms with Gasteiger partial charge in [0.05, 0.1) is 67.9 Å². The van der Waals surface area contributed by atoms with Gasteiger partial charge >= 0.3 is 35.8 Å². The molecule has 2 bridgehead atoms. The molecule has 0 saturated carbocycles. The summed E-state index contributed by atoms with van der Waals surface area (Å²) in [5.41, 5.74) is -4.05. The van der Waals surface area contributed by atoms with Gasteiger partial charge in [-0.3, -0.25) is 4.79 Å². The first-order chi connectivity index (χ1) is 22.0. The van der Waals surface area contributed by atoms with Crippen LogP contribution >= 0.6 is 0 Å². The van der Waals surface area contributed by atoms with E-state index in [4.69, 9.17) is 33.2 Å². The van der Waals surface area contributed by atoms with Crippen molar-refractivity contribution >= 4 is 35.8 Å². The maximum atomic E-state index is 14.1. The second kappa shape index (κ2) is 15.8. The van der Waals surface area contributed by atoms with Crippen molar-refractivity contribution in [3.05, 3.63) is 46.1 Å². The van der Waals surface area contributed by atoms with Crippen molar-refractivity contribution in [1.82, 2.24) is 0 Å². The third kappa shape index (κ3) is 6.37. The summed E-state index contributed by atoms with van der Waals surface area (Å²) in [5, 5.41) is 0. The number of allylic oxidation sites excluding steroid dienone is 1. The Balaban J connectivity index is 2.68. The minimum Gasteiger partial charge on any atom is -0.466 e. The molecular formula is C33H42O13. The number of carbonyl (C=O) groups excluding carboxylic acids is 6. The third-order valence-corrected chi connectivity index (χ3v) is 7.80. The van der Waals surface area contributed by atoms with E-state index < -0.39 is 81.8 Å². The summed E-state index contributed by atoms with van der Waals surface area (Å²) in [5.74, 6) is -10.9. The summed E-state index contributed by atoms with van der Waals surface area (Å²) < 4.78 is 38.8. The standard InChI is InChI=1S/C33H42O13/c1-8-40-27(34)20-17-18-15-16-19(21(20)28(35)41-9-2)25-23(30(37)43-11-4)22(29(36)42-10-3)24(31(38)44-12-5)26(32(39)45-13-6)33(18,25)46-14-7/h15-19,21,25H,8-14H2,1-7H3/t18-,19+,21-,25-,33-/m0/s1. The van der Waals surface area contributed by atoms with Gasteiger partial charge in [0.1, 0.15) is 5.60 Å². The minimum atomic E-state index is -1.99. The lowest BCUT2D eigenvalue weighted by atomic mass is 9.56. The minimum absolute atomic E-state index is 0.0174. The summed E-state index contributed by atoms with van der Waals surface area (Å²) in [6, 6.07) is 0. The summed E-state index contributed by atoms with van der Waals surface area (Å²) >= 11 is 0. The van der Waals surface area contributed by atoms with Crippen LogP contribution in [0.3, 0.4) is 0 Å². The predicted octanol–water partition coefficient (Wildman–Crippen LogP) is 2.72. The summed E-state index contributed by atoms with van der Waals surface area (Å²) in [6.07, 6.45) is 4.65. The van der Waals surface area contributed by atoms with Crippen molar-refractivity contribution < 1.29 is 61.9 Å². The molecule has 0 aromatic heterocycles. The zero-order valence-electron chi connectivity index (χ0n) is 27.3. The van der Waals surface area contributed by atoms with Gasteiger partial charge in [-0.1, -0.05) is 18.2 Å². The molecule has 13 heteroatoms. The maximum absolute atomic E-state index is 14.1. The van der Waals surface area contributed by atoms with Gasteiger partial charge in [0.2, 0.25) is 0 Å². The molecule has 0 aromatic rings. The van der Waals surface area contributed by atoms with Crippen LogP contribution in [-0.4, -0.2) is 87.7 Å². The van der Waals surface area contributed by atoms with Gasteiger partial charge in [0.15, 0.2) is 0 Å². The van der Waals surface area contributed by atoms with Crippen LogP contribution in [0.1, 0.15) is 48.5 Å². The van der Waals surface area contributed by atoms with E-state index in [1.165, 1.54) is 19.9 Å². The SMILES string of the molecule is CCOC(=O)C1=C[C@@H]2C=C[C@H]([C@@H]1C(=O)OCC)[C@H]1C(C(=O)OCC)=C(C(=O)OCC)C(C(=O)OCC)=C(C(=O)OCC)[C@]21OCC. The molecule has 0 fully saturated rings. The van der Waals surface area contributed by atoms with Gasteiger partial charge in [-0.25, -0.2) is 24.0 Å². The molecule has 0 amide bonds. The predicted molar refractivity (Wildman–Crippen MR) is 159 cm³/mol. The largest absolute Gasteiger partial charge is 0.466 e. The first-order valence-electron chi connectivity index (χ1n) is 15.6. The van der Waals surface area contributed by atoms with Crippen LogP contribution in [0.5, 0.6) is 0 Å². The second-order valence-corrected chi connectivity index (χ2v) is 10.2. The molecule has 0 radical (unpaired) electrons. The molecule has 4 rings (SSSR count). The first-order valence-corrected chi connectivity index (χ1v) is 15.6. The summed E-state index contributed by atoms with van der Waals surface area (Å²) in [6.45, 7) is 10.3. The number of ether oxygens (including phenoxy) is 7. The number of hydrogen-bond donors (Lipinski definition) is 0. The molecule has 0 saturated heterocycles. The van der Waals surface area contributed by atoms with Crippen LogP contribution in [-0.2, 0) is 61.9 Å². The van der Waals surface area contributed by atoms with Crippen LogP contribution in [0, 0.1) is 23.7 Å². The fourth-order valence-electron chi connectivity index (χ4n) is 6.47. The number of fused-ring (bicyclic) bond motifs is 1. The van der Waals surface area contributed by atoms with E-state index in [1.807, 2.05) is 0 Å². The highest BCUT2D eigenvalue weighted by atomic mass is 16.6. The van der Waals surface area contributed by atoms with E-state index in [1.54, 1.807) is 46.8 Å². The Kier molecular flexibility index (Phi) is 12.5. The lowest BCUT2D eigenvalue weighted by Gasteiger charge is -2.52. The van der Waals surface area contributed by atoms with E-state index in [9.17, 15) is 28.8 Å². The number of carbonyl (C=O) groups is 6. The van der Waals surface area contributed by atoms with Crippen molar-refractivity contribution in [3.8, 4) is 0 Å². The van der Waals surface area contributed by atoms with Crippen LogP contribution in [0.15, 0.2) is 46.1 Å². The molecule has 0 N–H and O–H groups in total.